The van der Waals surface area contributed by atoms with Crippen molar-refractivity contribution < 1.29 is 19.5 Å². The number of unbranched alkanes of at least 4 members (excludes halogenated alkanes) is 4. The third-order valence-corrected chi connectivity index (χ3v) is 5.28. The number of likely N-dealkylation sites (tertiary alicyclic amines) is 1. The average Bonchev–Trinajstić information content (AvgIpc) is 2.83. The number of hydrogen-bond acceptors (Lipinski definition) is 5. The number of carbonyl (C=O) groups is 3. The highest BCUT2D eigenvalue weighted by Gasteiger charge is 2.38. The summed E-state index contributed by atoms with van der Waals surface area (Å²) in [5.74, 6) is 0.422. The molecule has 7 heteroatoms. The Morgan fingerprint density at radius 1 is 1.25 bits per heavy atom. The van der Waals surface area contributed by atoms with Crippen LogP contribution in [-0.4, -0.2) is 58.4 Å². The van der Waals surface area contributed by atoms with Crippen molar-refractivity contribution in [1.29, 1.82) is 0 Å². The molecule has 0 aromatic carbocycles. The number of imide groups is 1. The quantitative estimate of drug-likeness (QED) is 0.387. The van der Waals surface area contributed by atoms with E-state index in [1.54, 1.807) is 0 Å². The average molecular weight is 359 g/mol. The van der Waals surface area contributed by atoms with Gasteiger partial charge in [0.05, 0.1) is 5.25 Å². The smallest absolute Gasteiger partial charge is 0.242 e. The van der Waals surface area contributed by atoms with Gasteiger partial charge in [0.25, 0.3) is 0 Å². The van der Waals surface area contributed by atoms with Gasteiger partial charge in [-0.2, -0.15) is 0 Å². The highest BCUT2D eigenvalue weighted by atomic mass is 32.2. The summed E-state index contributed by atoms with van der Waals surface area (Å²) < 4.78 is 0. The van der Waals surface area contributed by atoms with Crippen LogP contribution < -0.4 is 5.32 Å². The monoisotopic (exact) mass is 358 g/mol. The van der Waals surface area contributed by atoms with Gasteiger partial charge in [0.2, 0.25) is 17.7 Å². The lowest BCUT2D eigenvalue weighted by Crippen LogP contribution is -2.35. The number of amides is 3. The summed E-state index contributed by atoms with van der Waals surface area (Å²) in [6.07, 6.45) is 6.21. The van der Waals surface area contributed by atoms with Gasteiger partial charge >= 0.3 is 0 Å². The van der Waals surface area contributed by atoms with Crippen LogP contribution in [0.5, 0.6) is 0 Å². The van der Waals surface area contributed by atoms with Gasteiger partial charge in [-0.3, -0.25) is 19.3 Å². The fraction of sp³-hybridized carbons (Fsp3) is 0.824. The van der Waals surface area contributed by atoms with Crippen LogP contribution in [0.15, 0.2) is 0 Å². The van der Waals surface area contributed by atoms with Crippen LogP contribution in [-0.2, 0) is 14.4 Å². The van der Waals surface area contributed by atoms with Gasteiger partial charge in [-0.05, 0) is 25.0 Å². The van der Waals surface area contributed by atoms with Crippen LogP contribution in [0.1, 0.15) is 58.3 Å². The summed E-state index contributed by atoms with van der Waals surface area (Å²) in [6.45, 7) is 3.11. The molecular formula is C17H30N2O4S. The second-order valence-electron chi connectivity index (χ2n) is 6.04. The number of nitrogens with zero attached hydrogens (tertiary/aromatic N) is 1. The summed E-state index contributed by atoms with van der Waals surface area (Å²) in [5.41, 5.74) is 0. The zero-order valence-electron chi connectivity index (χ0n) is 14.6. The molecule has 3 amide bonds. The van der Waals surface area contributed by atoms with E-state index in [-0.39, 0.29) is 49.0 Å². The van der Waals surface area contributed by atoms with Crippen LogP contribution in [0.25, 0.3) is 0 Å². The van der Waals surface area contributed by atoms with E-state index in [4.69, 9.17) is 5.11 Å². The van der Waals surface area contributed by atoms with Gasteiger partial charge in [0.1, 0.15) is 0 Å². The summed E-state index contributed by atoms with van der Waals surface area (Å²) >= 11 is 1.53. The van der Waals surface area contributed by atoms with Crippen LogP contribution in [0, 0.1) is 0 Å². The first-order valence-electron chi connectivity index (χ1n) is 8.93. The molecule has 1 fully saturated rings. The molecule has 0 radical (unpaired) electrons. The summed E-state index contributed by atoms with van der Waals surface area (Å²) in [5, 5.41) is 11.2. The van der Waals surface area contributed by atoms with Gasteiger partial charge < -0.3 is 10.4 Å². The van der Waals surface area contributed by atoms with E-state index in [1.165, 1.54) is 16.7 Å². The number of nitrogens with one attached hydrogen (secondary N) is 1. The van der Waals surface area contributed by atoms with E-state index in [0.29, 0.717) is 6.54 Å². The molecule has 0 saturated carbocycles. The maximum absolute atomic E-state index is 12.3. The van der Waals surface area contributed by atoms with E-state index in [9.17, 15) is 14.4 Å². The molecule has 1 atom stereocenters. The number of carbonyl (C=O) groups excluding carboxylic acids is 3. The Balaban J connectivity index is 2.24. The van der Waals surface area contributed by atoms with Crippen LogP contribution in [0.3, 0.4) is 0 Å². The molecule has 0 spiro atoms. The van der Waals surface area contributed by atoms with E-state index in [1.807, 2.05) is 0 Å². The van der Waals surface area contributed by atoms with Crippen molar-refractivity contribution in [3.05, 3.63) is 0 Å². The zero-order chi connectivity index (χ0) is 17.8. The van der Waals surface area contributed by atoms with Crippen molar-refractivity contribution >= 4 is 29.5 Å². The number of rotatable bonds is 13. The van der Waals surface area contributed by atoms with E-state index in [2.05, 4.69) is 12.2 Å². The molecule has 1 unspecified atom stereocenters. The van der Waals surface area contributed by atoms with Crippen molar-refractivity contribution in [3.63, 3.8) is 0 Å². The predicted molar refractivity (Wildman–Crippen MR) is 95.7 cm³/mol. The molecule has 1 rings (SSSR count). The number of aliphatic hydroxyl groups excluding tert-OH is 1. The molecule has 1 aliphatic heterocycles. The molecule has 0 aliphatic carbocycles. The summed E-state index contributed by atoms with van der Waals surface area (Å²) in [6, 6.07) is 0. The first-order valence-corrected chi connectivity index (χ1v) is 9.98. The molecule has 24 heavy (non-hydrogen) atoms. The van der Waals surface area contributed by atoms with Gasteiger partial charge in [-0.15, -0.1) is 11.8 Å². The van der Waals surface area contributed by atoms with Crippen molar-refractivity contribution in [2.45, 2.75) is 63.5 Å². The first kappa shape index (κ1) is 21.0. The standard InChI is InChI=1S/C17H30N2O4S/c1-2-3-9-18-15(21)8-10-19-16(22)13-14(17(19)23)24-12-7-5-4-6-11-20/h14,20H,2-13H2,1H3,(H,18,21). The molecule has 138 valence electrons. The van der Waals surface area contributed by atoms with Gasteiger partial charge in [0.15, 0.2) is 0 Å². The highest BCUT2D eigenvalue weighted by molar-refractivity contribution is 8.00. The third kappa shape index (κ3) is 7.66. The van der Waals surface area contributed by atoms with E-state index in [0.717, 1.165) is 44.3 Å². The molecule has 1 heterocycles. The van der Waals surface area contributed by atoms with Gasteiger partial charge in [0, 0.05) is 32.5 Å². The first-order chi connectivity index (χ1) is 11.6. The molecule has 1 aliphatic rings. The minimum atomic E-state index is -0.293. The lowest BCUT2D eigenvalue weighted by atomic mass is 10.2. The minimum absolute atomic E-state index is 0.107. The Kier molecular flexibility index (Phi) is 10.7. The number of hydrogen-bond donors (Lipinski definition) is 2. The van der Waals surface area contributed by atoms with Crippen molar-refractivity contribution in [2.75, 3.05) is 25.4 Å². The van der Waals surface area contributed by atoms with Gasteiger partial charge in [-0.1, -0.05) is 26.2 Å². The largest absolute Gasteiger partial charge is 0.396 e. The predicted octanol–water partition coefficient (Wildman–Crippen LogP) is 1.71. The van der Waals surface area contributed by atoms with Crippen LogP contribution in [0.4, 0.5) is 0 Å². The molecular weight excluding hydrogens is 328 g/mol. The lowest BCUT2D eigenvalue weighted by Gasteiger charge is -2.14. The highest BCUT2D eigenvalue weighted by Crippen LogP contribution is 2.26. The lowest BCUT2D eigenvalue weighted by molar-refractivity contribution is -0.138. The van der Waals surface area contributed by atoms with Crippen molar-refractivity contribution in [1.82, 2.24) is 10.2 Å². The second-order valence-corrected chi connectivity index (χ2v) is 7.35. The molecule has 0 aromatic rings. The summed E-state index contributed by atoms with van der Waals surface area (Å²) in [7, 11) is 0. The van der Waals surface area contributed by atoms with Crippen molar-refractivity contribution in [2.24, 2.45) is 0 Å². The Morgan fingerprint density at radius 3 is 2.71 bits per heavy atom. The SMILES string of the molecule is CCCCNC(=O)CCN1C(=O)CC(SCCCCCCO)C1=O. The molecule has 6 nitrogen and oxygen atoms in total. The topological polar surface area (TPSA) is 86.7 Å². The van der Waals surface area contributed by atoms with Crippen molar-refractivity contribution in [3.8, 4) is 0 Å². The van der Waals surface area contributed by atoms with E-state index >= 15 is 0 Å². The normalized spacial score (nSPS) is 17.6. The Morgan fingerprint density at radius 2 is 2.00 bits per heavy atom. The van der Waals surface area contributed by atoms with Crippen LogP contribution in [0.2, 0.25) is 0 Å². The Hall–Kier alpha value is -1.08. The minimum Gasteiger partial charge on any atom is -0.396 e. The number of aliphatic hydroxyl groups is 1. The maximum Gasteiger partial charge on any atom is 0.242 e. The molecule has 0 bridgehead atoms. The fourth-order valence-electron chi connectivity index (χ4n) is 2.52. The molecule has 0 aromatic heterocycles. The van der Waals surface area contributed by atoms with E-state index < -0.39 is 0 Å². The summed E-state index contributed by atoms with van der Waals surface area (Å²) in [4.78, 5) is 37.2. The fourth-order valence-corrected chi connectivity index (χ4v) is 3.70. The van der Waals surface area contributed by atoms with Gasteiger partial charge in [-0.25, -0.2) is 0 Å². The zero-order valence-corrected chi connectivity index (χ0v) is 15.4. The van der Waals surface area contributed by atoms with Crippen LogP contribution >= 0.6 is 11.8 Å². The third-order valence-electron chi connectivity index (χ3n) is 3.99. The Bertz CT molecular complexity index is 417. The maximum atomic E-state index is 12.3. The second kappa shape index (κ2) is 12.3. The molecule has 1 saturated heterocycles. The Labute approximate surface area is 148 Å². The number of thioether (sulfide) groups is 1. The molecule has 2 N–H and O–H groups in total.